The SMILES string of the molecule is CCOc1ccc(/C=C/CN(C)Cc2ccc3c(c2)OCO3)cc1. The van der Waals surface area contributed by atoms with Crippen LogP contribution in [0.1, 0.15) is 18.1 Å². The first-order chi connectivity index (χ1) is 11.7. The van der Waals surface area contributed by atoms with E-state index in [0.29, 0.717) is 13.4 Å². The van der Waals surface area contributed by atoms with Crippen molar-refractivity contribution >= 4 is 6.08 Å². The monoisotopic (exact) mass is 325 g/mol. The second-order valence-electron chi connectivity index (χ2n) is 5.79. The van der Waals surface area contributed by atoms with Crippen molar-refractivity contribution in [3.63, 3.8) is 0 Å². The predicted molar refractivity (Wildman–Crippen MR) is 95.5 cm³/mol. The summed E-state index contributed by atoms with van der Waals surface area (Å²) >= 11 is 0. The molecule has 0 saturated heterocycles. The number of likely N-dealkylation sites (N-methyl/N-ethyl adjacent to an activating group) is 1. The van der Waals surface area contributed by atoms with Crippen LogP contribution in [-0.4, -0.2) is 31.9 Å². The van der Waals surface area contributed by atoms with Crippen molar-refractivity contribution in [2.75, 3.05) is 27.0 Å². The molecule has 0 fully saturated rings. The van der Waals surface area contributed by atoms with Gasteiger partial charge in [0.1, 0.15) is 5.75 Å². The maximum Gasteiger partial charge on any atom is 0.231 e. The van der Waals surface area contributed by atoms with Crippen molar-refractivity contribution in [1.29, 1.82) is 0 Å². The highest BCUT2D eigenvalue weighted by molar-refractivity contribution is 5.50. The summed E-state index contributed by atoms with van der Waals surface area (Å²) in [6.07, 6.45) is 4.30. The molecule has 0 saturated carbocycles. The first-order valence-corrected chi connectivity index (χ1v) is 8.21. The topological polar surface area (TPSA) is 30.9 Å². The number of hydrogen-bond acceptors (Lipinski definition) is 4. The Balaban J connectivity index is 1.50. The van der Waals surface area contributed by atoms with Gasteiger partial charge in [-0.3, -0.25) is 4.90 Å². The molecule has 0 spiro atoms. The Bertz CT molecular complexity index is 695. The minimum Gasteiger partial charge on any atom is -0.494 e. The molecule has 126 valence electrons. The van der Waals surface area contributed by atoms with Crippen LogP contribution in [0.4, 0.5) is 0 Å². The molecule has 2 aromatic carbocycles. The van der Waals surface area contributed by atoms with Crippen LogP contribution in [0, 0.1) is 0 Å². The fraction of sp³-hybridized carbons (Fsp3) is 0.300. The quantitative estimate of drug-likeness (QED) is 0.771. The van der Waals surface area contributed by atoms with Crippen molar-refractivity contribution in [2.24, 2.45) is 0 Å². The molecule has 0 radical (unpaired) electrons. The third-order valence-corrected chi connectivity index (χ3v) is 3.81. The molecular weight excluding hydrogens is 302 g/mol. The fourth-order valence-electron chi connectivity index (χ4n) is 2.63. The van der Waals surface area contributed by atoms with Crippen LogP contribution in [0.2, 0.25) is 0 Å². The lowest BCUT2D eigenvalue weighted by atomic mass is 10.2. The Morgan fingerprint density at radius 3 is 2.67 bits per heavy atom. The van der Waals surface area contributed by atoms with E-state index in [0.717, 1.165) is 30.3 Å². The van der Waals surface area contributed by atoms with Crippen molar-refractivity contribution in [2.45, 2.75) is 13.5 Å². The van der Waals surface area contributed by atoms with Gasteiger partial charge in [-0.1, -0.05) is 30.4 Å². The number of fused-ring (bicyclic) bond motifs is 1. The van der Waals surface area contributed by atoms with Gasteiger partial charge in [-0.05, 0) is 49.4 Å². The molecule has 0 bridgehead atoms. The maximum atomic E-state index is 5.45. The molecule has 1 aliphatic rings. The molecule has 0 N–H and O–H groups in total. The minimum atomic E-state index is 0.319. The molecule has 0 aliphatic carbocycles. The van der Waals surface area contributed by atoms with Gasteiger partial charge in [0.15, 0.2) is 11.5 Å². The molecule has 1 aliphatic heterocycles. The second kappa shape index (κ2) is 7.88. The standard InChI is InChI=1S/C20H23NO3/c1-3-22-18-9-6-16(7-10-18)5-4-12-21(2)14-17-8-11-19-20(13-17)24-15-23-19/h4-11,13H,3,12,14-15H2,1-2H3/b5-4+. The summed E-state index contributed by atoms with van der Waals surface area (Å²) in [7, 11) is 2.10. The van der Waals surface area contributed by atoms with Crippen LogP contribution in [0.25, 0.3) is 6.08 Å². The Morgan fingerprint density at radius 2 is 1.88 bits per heavy atom. The van der Waals surface area contributed by atoms with E-state index < -0.39 is 0 Å². The molecular formula is C20H23NO3. The largest absolute Gasteiger partial charge is 0.494 e. The van der Waals surface area contributed by atoms with E-state index in [1.807, 2.05) is 25.1 Å². The van der Waals surface area contributed by atoms with Crippen molar-refractivity contribution in [3.8, 4) is 17.2 Å². The Morgan fingerprint density at radius 1 is 1.08 bits per heavy atom. The number of hydrogen-bond donors (Lipinski definition) is 0. The predicted octanol–water partition coefficient (Wildman–Crippen LogP) is 3.96. The summed E-state index contributed by atoms with van der Waals surface area (Å²) in [5.41, 5.74) is 2.39. The number of nitrogens with zero attached hydrogens (tertiary/aromatic N) is 1. The molecule has 24 heavy (non-hydrogen) atoms. The van der Waals surface area contributed by atoms with E-state index in [4.69, 9.17) is 14.2 Å². The van der Waals surface area contributed by atoms with Crippen molar-refractivity contribution in [3.05, 3.63) is 59.7 Å². The molecule has 2 aromatic rings. The van der Waals surface area contributed by atoms with Crippen LogP contribution in [0.3, 0.4) is 0 Å². The highest BCUT2D eigenvalue weighted by atomic mass is 16.7. The first-order valence-electron chi connectivity index (χ1n) is 8.21. The third kappa shape index (κ3) is 4.30. The van der Waals surface area contributed by atoms with Gasteiger partial charge in [0.25, 0.3) is 0 Å². The van der Waals surface area contributed by atoms with Crippen molar-refractivity contribution in [1.82, 2.24) is 4.90 Å². The average molecular weight is 325 g/mol. The normalized spacial score (nSPS) is 13.0. The zero-order chi connectivity index (χ0) is 16.8. The van der Waals surface area contributed by atoms with Gasteiger partial charge >= 0.3 is 0 Å². The van der Waals surface area contributed by atoms with Gasteiger partial charge in [0, 0.05) is 13.1 Å². The summed E-state index contributed by atoms with van der Waals surface area (Å²) in [6.45, 7) is 4.75. The van der Waals surface area contributed by atoms with E-state index in [2.05, 4.69) is 48.4 Å². The van der Waals surface area contributed by atoms with E-state index in [9.17, 15) is 0 Å². The molecule has 0 unspecified atom stereocenters. The van der Waals surface area contributed by atoms with Crippen molar-refractivity contribution < 1.29 is 14.2 Å². The van der Waals surface area contributed by atoms with Gasteiger partial charge < -0.3 is 14.2 Å². The fourth-order valence-corrected chi connectivity index (χ4v) is 2.63. The molecule has 4 nitrogen and oxygen atoms in total. The number of ether oxygens (including phenoxy) is 3. The zero-order valence-corrected chi connectivity index (χ0v) is 14.2. The molecule has 4 heteroatoms. The van der Waals surface area contributed by atoms with E-state index >= 15 is 0 Å². The van der Waals surface area contributed by atoms with Crippen LogP contribution in [0.15, 0.2) is 48.5 Å². The lowest BCUT2D eigenvalue weighted by Gasteiger charge is -2.14. The molecule has 3 rings (SSSR count). The smallest absolute Gasteiger partial charge is 0.231 e. The van der Waals surface area contributed by atoms with Gasteiger partial charge in [0.2, 0.25) is 6.79 Å². The number of rotatable bonds is 7. The van der Waals surface area contributed by atoms with Gasteiger partial charge in [-0.25, -0.2) is 0 Å². The van der Waals surface area contributed by atoms with Crippen LogP contribution >= 0.6 is 0 Å². The highest BCUT2D eigenvalue weighted by Crippen LogP contribution is 2.32. The molecule has 0 atom stereocenters. The summed E-state index contributed by atoms with van der Waals surface area (Å²) in [5.74, 6) is 2.58. The first kappa shape index (κ1) is 16.4. The lowest BCUT2D eigenvalue weighted by Crippen LogP contribution is -2.17. The molecule has 0 aromatic heterocycles. The maximum absolute atomic E-state index is 5.45. The Kier molecular flexibility index (Phi) is 5.39. The van der Waals surface area contributed by atoms with Crippen LogP contribution in [-0.2, 0) is 6.54 Å². The van der Waals surface area contributed by atoms with Crippen LogP contribution in [0.5, 0.6) is 17.2 Å². The Hall–Kier alpha value is -2.46. The second-order valence-corrected chi connectivity index (χ2v) is 5.79. The lowest BCUT2D eigenvalue weighted by molar-refractivity contribution is 0.174. The minimum absolute atomic E-state index is 0.319. The van der Waals surface area contributed by atoms with E-state index in [1.54, 1.807) is 0 Å². The highest BCUT2D eigenvalue weighted by Gasteiger charge is 2.13. The Labute approximate surface area is 143 Å². The van der Waals surface area contributed by atoms with Gasteiger partial charge in [-0.15, -0.1) is 0 Å². The summed E-state index contributed by atoms with van der Waals surface area (Å²) in [5, 5.41) is 0. The third-order valence-electron chi connectivity index (χ3n) is 3.81. The summed E-state index contributed by atoms with van der Waals surface area (Å²) in [6, 6.07) is 14.2. The molecule has 1 heterocycles. The summed E-state index contributed by atoms with van der Waals surface area (Å²) < 4.78 is 16.2. The van der Waals surface area contributed by atoms with E-state index in [-0.39, 0.29) is 0 Å². The van der Waals surface area contributed by atoms with E-state index in [1.165, 1.54) is 11.1 Å². The average Bonchev–Trinajstić information content (AvgIpc) is 3.04. The van der Waals surface area contributed by atoms with Gasteiger partial charge in [0.05, 0.1) is 6.61 Å². The molecule has 0 amide bonds. The van der Waals surface area contributed by atoms with Gasteiger partial charge in [-0.2, -0.15) is 0 Å². The zero-order valence-electron chi connectivity index (χ0n) is 14.2. The van der Waals surface area contributed by atoms with Crippen LogP contribution < -0.4 is 14.2 Å². The summed E-state index contributed by atoms with van der Waals surface area (Å²) in [4.78, 5) is 2.25. The number of benzene rings is 2.